The van der Waals surface area contributed by atoms with E-state index in [0.717, 1.165) is 51.5 Å². The third-order valence-corrected chi connectivity index (χ3v) is 4.73. The van der Waals surface area contributed by atoms with Gasteiger partial charge in [-0.05, 0) is 22.4 Å². The predicted octanol–water partition coefficient (Wildman–Crippen LogP) is 1.24. The SMILES string of the molecule is O=[N+]([O-])c1cnc(N2CCC(N3CCNCC3)C2)c(Br)c1. The third kappa shape index (κ3) is 3.17. The molecule has 1 unspecified atom stereocenters. The average molecular weight is 356 g/mol. The third-order valence-electron chi connectivity index (χ3n) is 4.15. The summed E-state index contributed by atoms with van der Waals surface area (Å²) in [7, 11) is 0. The minimum atomic E-state index is -0.422. The van der Waals surface area contributed by atoms with Crippen LogP contribution >= 0.6 is 15.9 Å². The van der Waals surface area contributed by atoms with Gasteiger partial charge in [-0.1, -0.05) is 0 Å². The molecule has 0 aliphatic carbocycles. The monoisotopic (exact) mass is 355 g/mol. The Morgan fingerprint density at radius 3 is 2.81 bits per heavy atom. The van der Waals surface area contributed by atoms with Crippen LogP contribution in [0.2, 0.25) is 0 Å². The van der Waals surface area contributed by atoms with Crippen molar-refractivity contribution in [2.24, 2.45) is 0 Å². The number of hydrogen-bond acceptors (Lipinski definition) is 6. The number of nitrogens with one attached hydrogen (secondary N) is 1. The van der Waals surface area contributed by atoms with Crippen molar-refractivity contribution >= 4 is 27.4 Å². The van der Waals surface area contributed by atoms with Crippen LogP contribution in [0, 0.1) is 10.1 Å². The van der Waals surface area contributed by atoms with Crippen molar-refractivity contribution in [3.05, 3.63) is 26.9 Å². The van der Waals surface area contributed by atoms with Gasteiger partial charge in [0.25, 0.3) is 5.69 Å². The summed E-state index contributed by atoms with van der Waals surface area (Å²) in [4.78, 5) is 19.3. The average Bonchev–Trinajstić information content (AvgIpc) is 2.97. The quantitative estimate of drug-likeness (QED) is 0.649. The van der Waals surface area contributed by atoms with E-state index in [0.29, 0.717) is 10.5 Å². The number of nitro groups is 1. The molecule has 3 heterocycles. The first-order valence-corrected chi connectivity index (χ1v) is 7.94. The van der Waals surface area contributed by atoms with Crippen molar-refractivity contribution in [2.45, 2.75) is 12.5 Å². The summed E-state index contributed by atoms with van der Waals surface area (Å²) in [5, 5.41) is 14.1. The maximum Gasteiger partial charge on any atom is 0.288 e. The molecule has 1 atom stereocenters. The molecule has 0 aromatic carbocycles. The molecular weight excluding hydrogens is 338 g/mol. The van der Waals surface area contributed by atoms with Gasteiger partial charge in [0.05, 0.1) is 9.40 Å². The molecule has 1 N–H and O–H groups in total. The molecule has 0 saturated carbocycles. The maximum atomic E-state index is 10.8. The molecule has 2 aliphatic rings. The van der Waals surface area contributed by atoms with Crippen LogP contribution in [0.4, 0.5) is 11.5 Å². The topological polar surface area (TPSA) is 74.5 Å². The zero-order valence-electron chi connectivity index (χ0n) is 11.7. The molecule has 114 valence electrons. The van der Waals surface area contributed by atoms with E-state index in [9.17, 15) is 10.1 Å². The van der Waals surface area contributed by atoms with Crippen LogP contribution in [-0.4, -0.2) is 60.1 Å². The highest BCUT2D eigenvalue weighted by molar-refractivity contribution is 9.10. The van der Waals surface area contributed by atoms with Crippen LogP contribution in [-0.2, 0) is 0 Å². The maximum absolute atomic E-state index is 10.8. The molecule has 2 saturated heterocycles. The van der Waals surface area contributed by atoms with E-state index >= 15 is 0 Å². The smallest absolute Gasteiger partial charge is 0.288 e. The fraction of sp³-hybridized carbons (Fsp3) is 0.615. The lowest BCUT2D eigenvalue weighted by Crippen LogP contribution is -2.49. The molecule has 0 radical (unpaired) electrons. The summed E-state index contributed by atoms with van der Waals surface area (Å²) in [5.74, 6) is 0.804. The van der Waals surface area contributed by atoms with Crippen molar-refractivity contribution < 1.29 is 4.92 Å². The molecule has 3 rings (SSSR count). The molecule has 2 fully saturated rings. The summed E-state index contributed by atoms with van der Waals surface area (Å²) in [6.45, 7) is 6.16. The number of halogens is 1. The van der Waals surface area contributed by atoms with Gasteiger partial charge in [0.1, 0.15) is 12.0 Å². The minimum absolute atomic E-state index is 0.0171. The van der Waals surface area contributed by atoms with Gasteiger partial charge in [-0.15, -0.1) is 0 Å². The number of anilines is 1. The molecule has 2 aliphatic heterocycles. The summed E-state index contributed by atoms with van der Waals surface area (Å²) >= 11 is 3.41. The summed E-state index contributed by atoms with van der Waals surface area (Å²) in [6, 6.07) is 2.08. The van der Waals surface area contributed by atoms with E-state index in [2.05, 4.69) is 36.0 Å². The van der Waals surface area contributed by atoms with E-state index in [1.807, 2.05) is 0 Å². The van der Waals surface area contributed by atoms with Gasteiger partial charge < -0.3 is 10.2 Å². The number of aromatic nitrogens is 1. The van der Waals surface area contributed by atoms with Gasteiger partial charge in [0.2, 0.25) is 0 Å². The van der Waals surface area contributed by atoms with Gasteiger partial charge in [0, 0.05) is 51.4 Å². The van der Waals surface area contributed by atoms with Crippen LogP contribution in [0.3, 0.4) is 0 Å². The zero-order valence-corrected chi connectivity index (χ0v) is 13.3. The standard InChI is InChI=1S/C13H18BrN5O2/c14-12-7-11(19(20)21)8-16-13(12)18-4-1-10(9-18)17-5-2-15-3-6-17/h7-8,10,15H,1-6,9H2. The Morgan fingerprint density at radius 2 is 2.14 bits per heavy atom. The highest BCUT2D eigenvalue weighted by Crippen LogP contribution is 2.30. The van der Waals surface area contributed by atoms with Gasteiger partial charge in [-0.25, -0.2) is 4.98 Å². The Labute approximate surface area is 131 Å². The Kier molecular flexibility index (Phi) is 4.37. The fourth-order valence-corrected chi connectivity index (χ4v) is 3.62. The molecule has 0 spiro atoms. The molecular formula is C13H18BrN5O2. The summed E-state index contributed by atoms with van der Waals surface area (Å²) < 4.78 is 0.692. The molecule has 7 nitrogen and oxygen atoms in total. The highest BCUT2D eigenvalue weighted by atomic mass is 79.9. The Balaban J connectivity index is 1.69. The first-order valence-electron chi connectivity index (χ1n) is 7.15. The largest absolute Gasteiger partial charge is 0.354 e. The number of hydrogen-bond donors (Lipinski definition) is 1. The van der Waals surface area contributed by atoms with Crippen LogP contribution in [0.25, 0.3) is 0 Å². The normalized spacial score (nSPS) is 23.5. The zero-order chi connectivity index (χ0) is 14.8. The first kappa shape index (κ1) is 14.7. The molecule has 8 heteroatoms. The Morgan fingerprint density at radius 1 is 1.38 bits per heavy atom. The number of piperazine rings is 1. The Hall–Kier alpha value is -1.25. The van der Waals surface area contributed by atoms with Gasteiger partial charge in [-0.2, -0.15) is 0 Å². The minimum Gasteiger partial charge on any atom is -0.354 e. The van der Waals surface area contributed by atoms with Crippen LogP contribution in [0.15, 0.2) is 16.7 Å². The Bertz CT molecular complexity index is 535. The molecule has 1 aromatic heterocycles. The number of nitrogens with zero attached hydrogens (tertiary/aromatic N) is 4. The fourth-order valence-electron chi connectivity index (χ4n) is 3.03. The summed E-state index contributed by atoms with van der Waals surface area (Å²) in [6.07, 6.45) is 2.45. The molecule has 0 bridgehead atoms. The molecule has 0 amide bonds. The van der Waals surface area contributed by atoms with E-state index in [1.54, 1.807) is 0 Å². The lowest BCUT2D eigenvalue weighted by atomic mass is 10.2. The number of rotatable bonds is 3. The van der Waals surface area contributed by atoms with Crippen LogP contribution in [0.1, 0.15) is 6.42 Å². The van der Waals surface area contributed by atoms with E-state index < -0.39 is 4.92 Å². The molecule has 21 heavy (non-hydrogen) atoms. The van der Waals surface area contributed by atoms with Crippen molar-refractivity contribution in [2.75, 3.05) is 44.2 Å². The second-order valence-electron chi connectivity index (χ2n) is 5.43. The van der Waals surface area contributed by atoms with Crippen molar-refractivity contribution in [3.8, 4) is 0 Å². The number of pyridine rings is 1. The lowest BCUT2D eigenvalue weighted by Gasteiger charge is -2.32. The van der Waals surface area contributed by atoms with Crippen molar-refractivity contribution in [3.63, 3.8) is 0 Å². The van der Waals surface area contributed by atoms with Gasteiger partial charge in [0.15, 0.2) is 0 Å². The van der Waals surface area contributed by atoms with Crippen LogP contribution in [0.5, 0.6) is 0 Å². The van der Waals surface area contributed by atoms with E-state index in [-0.39, 0.29) is 5.69 Å². The van der Waals surface area contributed by atoms with Gasteiger partial charge >= 0.3 is 0 Å². The lowest BCUT2D eigenvalue weighted by molar-refractivity contribution is -0.385. The summed E-state index contributed by atoms with van der Waals surface area (Å²) in [5.41, 5.74) is 0.0171. The van der Waals surface area contributed by atoms with E-state index in [4.69, 9.17) is 0 Å². The van der Waals surface area contributed by atoms with E-state index in [1.165, 1.54) is 12.3 Å². The highest BCUT2D eigenvalue weighted by Gasteiger charge is 2.30. The van der Waals surface area contributed by atoms with Crippen LogP contribution < -0.4 is 10.2 Å². The second kappa shape index (κ2) is 6.25. The second-order valence-corrected chi connectivity index (χ2v) is 6.28. The van der Waals surface area contributed by atoms with Crippen molar-refractivity contribution in [1.29, 1.82) is 0 Å². The first-order chi connectivity index (χ1) is 10.1. The molecule has 1 aromatic rings. The predicted molar refractivity (Wildman–Crippen MR) is 83.7 cm³/mol. The van der Waals surface area contributed by atoms with Crippen molar-refractivity contribution in [1.82, 2.24) is 15.2 Å². The van der Waals surface area contributed by atoms with Gasteiger partial charge in [-0.3, -0.25) is 15.0 Å².